The van der Waals surface area contributed by atoms with Crippen LogP contribution in [-0.4, -0.2) is 15.0 Å². The minimum absolute atomic E-state index is 0.620. The lowest BCUT2D eigenvalue weighted by atomic mass is 9.67. The van der Waals surface area contributed by atoms with E-state index < -0.39 is 5.41 Å². The second kappa shape index (κ2) is 16.4. The van der Waals surface area contributed by atoms with Crippen molar-refractivity contribution >= 4 is 31.5 Å². The van der Waals surface area contributed by atoms with E-state index in [2.05, 4.69) is 249 Å². The van der Waals surface area contributed by atoms with Crippen LogP contribution in [0.2, 0.25) is 0 Å². The van der Waals surface area contributed by atoms with Crippen molar-refractivity contribution in [2.24, 2.45) is 0 Å². The summed E-state index contributed by atoms with van der Waals surface area (Å²) >= 11 is 1.79. The summed E-state index contributed by atoms with van der Waals surface area (Å²) in [5, 5.41) is 2.43. The highest BCUT2D eigenvalue weighted by atomic mass is 32.1. The number of rotatable bonds is 8. The molecule has 0 fully saturated rings. The Labute approximate surface area is 399 Å². The van der Waals surface area contributed by atoms with Crippen LogP contribution >= 0.6 is 11.3 Å². The zero-order valence-corrected chi connectivity index (χ0v) is 37.7. The normalized spacial score (nSPS) is 12.5. The number of hydrogen-bond donors (Lipinski definition) is 0. The Kier molecular flexibility index (Phi) is 9.59. The highest BCUT2D eigenvalue weighted by Crippen LogP contribution is 2.59. The van der Waals surface area contributed by atoms with Gasteiger partial charge < -0.3 is 0 Å². The summed E-state index contributed by atoms with van der Waals surface area (Å²) < 4.78 is 2.39. The molecule has 0 aliphatic heterocycles. The van der Waals surface area contributed by atoms with Crippen LogP contribution in [0.15, 0.2) is 249 Å². The molecule has 1 aliphatic rings. The fraction of sp³-hybridized carbons (Fsp3) is 0.0156. The van der Waals surface area contributed by atoms with Gasteiger partial charge in [0.2, 0.25) is 0 Å². The van der Waals surface area contributed by atoms with Gasteiger partial charge >= 0.3 is 0 Å². The van der Waals surface area contributed by atoms with Gasteiger partial charge in [0.1, 0.15) is 0 Å². The summed E-state index contributed by atoms with van der Waals surface area (Å²) in [7, 11) is 0. The molecule has 0 atom stereocenters. The van der Waals surface area contributed by atoms with Crippen molar-refractivity contribution in [1.29, 1.82) is 0 Å². The quantitative estimate of drug-likeness (QED) is 0.153. The van der Waals surface area contributed by atoms with Crippen molar-refractivity contribution in [2.75, 3.05) is 0 Å². The lowest BCUT2D eigenvalue weighted by Crippen LogP contribution is -2.28. The maximum Gasteiger partial charge on any atom is 0.165 e. The molecule has 2 heterocycles. The lowest BCUT2D eigenvalue weighted by molar-refractivity contribution is 0.769. The molecular weight excluding hydrogens is 843 g/mol. The molecule has 0 saturated heterocycles. The molecule has 0 unspecified atom stereocenters. The third-order valence-electron chi connectivity index (χ3n) is 13.7. The van der Waals surface area contributed by atoms with E-state index >= 15 is 0 Å². The molecule has 10 aromatic carbocycles. The molecule has 0 amide bonds. The smallest absolute Gasteiger partial charge is 0.165 e. The van der Waals surface area contributed by atoms with E-state index in [1.807, 2.05) is 0 Å². The van der Waals surface area contributed by atoms with E-state index in [1.54, 1.807) is 11.3 Å². The summed E-state index contributed by atoms with van der Waals surface area (Å²) in [6, 6.07) is 89.4. The third kappa shape index (κ3) is 6.45. The van der Waals surface area contributed by atoms with Crippen LogP contribution in [0, 0.1) is 0 Å². The van der Waals surface area contributed by atoms with Crippen LogP contribution in [0.4, 0.5) is 0 Å². The van der Waals surface area contributed by atoms with Gasteiger partial charge in [-0.3, -0.25) is 0 Å². The fourth-order valence-electron chi connectivity index (χ4n) is 10.6. The molecule has 4 heteroatoms. The Morgan fingerprint density at radius 2 is 0.779 bits per heavy atom. The largest absolute Gasteiger partial charge is 0.208 e. The number of benzene rings is 10. The first-order chi connectivity index (χ1) is 33.7. The molecule has 68 heavy (non-hydrogen) atoms. The van der Waals surface area contributed by atoms with E-state index in [0.717, 1.165) is 54.8 Å². The average molecular weight is 884 g/mol. The number of thiophene rings is 1. The van der Waals surface area contributed by atoms with Gasteiger partial charge in [0.05, 0.1) is 5.41 Å². The summed E-state index contributed by atoms with van der Waals surface area (Å²) in [5.74, 6) is 1.89. The Bertz CT molecular complexity index is 3790. The molecule has 2 aromatic heterocycles. The monoisotopic (exact) mass is 883 g/mol. The summed E-state index contributed by atoms with van der Waals surface area (Å²) in [6.07, 6.45) is 0. The van der Waals surface area contributed by atoms with Crippen LogP contribution < -0.4 is 0 Å². The number of aromatic nitrogens is 3. The zero-order chi connectivity index (χ0) is 45.0. The van der Waals surface area contributed by atoms with Gasteiger partial charge in [0.15, 0.2) is 17.5 Å². The van der Waals surface area contributed by atoms with Crippen LogP contribution in [0.25, 0.3) is 98.8 Å². The van der Waals surface area contributed by atoms with E-state index in [1.165, 1.54) is 48.9 Å². The van der Waals surface area contributed by atoms with Crippen LogP contribution in [0.3, 0.4) is 0 Å². The predicted molar refractivity (Wildman–Crippen MR) is 283 cm³/mol. The van der Waals surface area contributed by atoms with Gasteiger partial charge in [-0.1, -0.05) is 218 Å². The Morgan fingerprint density at radius 3 is 1.43 bits per heavy atom. The van der Waals surface area contributed by atoms with Crippen LogP contribution in [0.1, 0.15) is 22.3 Å². The first-order valence-electron chi connectivity index (χ1n) is 23.1. The molecular formula is C64H41N3S. The minimum atomic E-state index is -0.636. The molecule has 318 valence electrons. The van der Waals surface area contributed by atoms with Crippen LogP contribution in [0.5, 0.6) is 0 Å². The summed E-state index contributed by atoms with van der Waals surface area (Å²) in [4.78, 5) is 16.7. The number of fused-ring (bicyclic) bond motifs is 6. The van der Waals surface area contributed by atoms with Gasteiger partial charge in [-0.25, -0.2) is 15.0 Å². The molecule has 0 radical (unpaired) electrons. The van der Waals surface area contributed by atoms with E-state index in [9.17, 15) is 0 Å². The highest BCUT2D eigenvalue weighted by molar-refractivity contribution is 7.26. The Balaban J connectivity index is 1.11. The molecule has 0 saturated carbocycles. The highest BCUT2D eigenvalue weighted by Gasteiger charge is 2.47. The molecule has 0 N–H and O–H groups in total. The summed E-state index contributed by atoms with van der Waals surface area (Å²) in [5.41, 5.74) is 16.1. The molecule has 12 aromatic rings. The lowest BCUT2D eigenvalue weighted by Gasteiger charge is -2.34. The van der Waals surface area contributed by atoms with Gasteiger partial charge in [-0.15, -0.1) is 11.3 Å². The van der Waals surface area contributed by atoms with E-state index in [4.69, 9.17) is 15.0 Å². The predicted octanol–water partition coefficient (Wildman–Crippen LogP) is 16.6. The van der Waals surface area contributed by atoms with E-state index in [0.29, 0.717) is 17.5 Å². The maximum absolute atomic E-state index is 5.60. The van der Waals surface area contributed by atoms with Crippen molar-refractivity contribution in [2.45, 2.75) is 5.41 Å². The first kappa shape index (κ1) is 39.8. The van der Waals surface area contributed by atoms with Gasteiger partial charge in [-0.05, 0) is 97.1 Å². The Hall–Kier alpha value is -8.57. The first-order valence-corrected chi connectivity index (χ1v) is 23.9. The van der Waals surface area contributed by atoms with E-state index in [-0.39, 0.29) is 0 Å². The van der Waals surface area contributed by atoms with Gasteiger partial charge in [0.25, 0.3) is 0 Å². The fourth-order valence-corrected chi connectivity index (χ4v) is 11.8. The molecule has 13 rings (SSSR count). The standard InChI is InChI=1S/C64H41N3S/c1-6-20-42(21-7-1)45-36-38-51(55(40-45)44-24-10-3-11-25-44)61-65-62(67-63(66-61)54-33-18-31-50-49-30-16-17-35-58(49)68-60(50)54)53-32-19-34-56-59(53)52-39-37-46(43-22-8-2-9-23-43)41-57(52)64(56,47-26-12-4-13-27-47)48-28-14-5-15-29-48/h1-41H. The van der Waals surface area contributed by atoms with Crippen molar-refractivity contribution in [3.8, 4) is 78.7 Å². The minimum Gasteiger partial charge on any atom is -0.208 e. The van der Waals surface area contributed by atoms with Crippen molar-refractivity contribution in [1.82, 2.24) is 15.0 Å². The average Bonchev–Trinajstić information content (AvgIpc) is 3.96. The molecule has 0 spiro atoms. The Morgan fingerprint density at radius 1 is 0.294 bits per heavy atom. The third-order valence-corrected chi connectivity index (χ3v) is 14.9. The molecule has 3 nitrogen and oxygen atoms in total. The SMILES string of the molecule is c1ccc(-c2ccc(-c3nc(-c4cccc5c4-c4ccc(-c6ccccc6)cc4C5(c4ccccc4)c4ccccc4)nc(-c4cccc5c4sc4ccccc45)n3)c(-c3ccccc3)c2)cc1. The number of nitrogens with zero attached hydrogens (tertiary/aromatic N) is 3. The zero-order valence-electron chi connectivity index (χ0n) is 36.9. The maximum atomic E-state index is 5.60. The van der Waals surface area contributed by atoms with Crippen LogP contribution in [-0.2, 0) is 5.41 Å². The molecule has 0 bridgehead atoms. The van der Waals surface area contributed by atoms with Gasteiger partial charge in [-0.2, -0.15) is 0 Å². The topological polar surface area (TPSA) is 38.7 Å². The second-order valence-corrected chi connectivity index (χ2v) is 18.5. The van der Waals surface area contributed by atoms with Crippen molar-refractivity contribution in [3.63, 3.8) is 0 Å². The van der Waals surface area contributed by atoms with Crippen molar-refractivity contribution in [3.05, 3.63) is 271 Å². The molecule has 1 aliphatic carbocycles. The van der Waals surface area contributed by atoms with Gasteiger partial charge in [0, 0.05) is 36.9 Å². The van der Waals surface area contributed by atoms with Crippen molar-refractivity contribution < 1.29 is 0 Å². The second-order valence-electron chi connectivity index (χ2n) is 17.4. The number of hydrogen-bond acceptors (Lipinski definition) is 4. The summed E-state index contributed by atoms with van der Waals surface area (Å²) in [6.45, 7) is 0.